The van der Waals surface area contributed by atoms with Crippen LogP contribution in [0.5, 0.6) is 0 Å². The molecule has 6 aromatic rings. The van der Waals surface area contributed by atoms with Gasteiger partial charge >= 0.3 is 17.4 Å². The van der Waals surface area contributed by atoms with Crippen molar-refractivity contribution in [3.63, 3.8) is 0 Å². The maximum absolute atomic E-state index is 13.4. The van der Waals surface area contributed by atoms with E-state index in [4.69, 9.17) is 0 Å². The maximum atomic E-state index is 13.4. The van der Waals surface area contributed by atoms with Crippen LogP contribution in [0.15, 0.2) is 70.3 Å². The fourth-order valence-electron chi connectivity index (χ4n) is 5.60. The molecule has 0 bridgehead atoms. The maximum Gasteiger partial charge on any atom is 0.350 e. The van der Waals surface area contributed by atoms with Gasteiger partial charge in [0.15, 0.2) is 11.3 Å². The number of carbonyl (C=O) groups excluding carboxylic acids is 1. The number of aromatic nitrogens is 6. The van der Waals surface area contributed by atoms with Crippen LogP contribution in [-0.4, -0.2) is 46.5 Å². The van der Waals surface area contributed by atoms with E-state index in [1.807, 2.05) is 88.4 Å². The van der Waals surface area contributed by atoms with Crippen molar-refractivity contribution in [1.82, 2.24) is 39.0 Å². The number of benzene rings is 2. The van der Waals surface area contributed by atoms with Gasteiger partial charge in [0, 0.05) is 0 Å². The second-order valence-corrected chi connectivity index (χ2v) is 10.8. The second-order valence-electron chi connectivity index (χ2n) is 10.8. The van der Waals surface area contributed by atoms with E-state index in [0.29, 0.717) is 24.1 Å². The Morgan fingerprint density at radius 2 is 1.12 bits per heavy atom. The fourth-order valence-corrected chi connectivity index (χ4v) is 5.60. The van der Waals surface area contributed by atoms with Gasteiger partial charge in [-0.1, -0.05) is 50.2 Å². The Morgan fingerprint density at radius 1 is 0.714 bits per heavy atom. The molecule has 11 nitrogen and oxygen atoms in total. The van der Waals surface area contributed by atoms with Crippen molar-refractivity contribution in [3.8, 4) is 0 Å². The average Bonchev–Trinajstić information content (AvgIpc) is 3.49. The van der Waals surface area contributed by atoms with Gasteiger partial charge in [0.2, 0.25) is 0 Å². The molecule has 216 valence electrons. The van der Waals surface area contributed by atoms with Gasteiger partial charge in [-0.25, -0.2) is 32.5 Å². The standard InChI is InChI=1S/C31H34N8O3/c1-5-23(17-36-30(41)38-25-13-9-7-11-21(25)15-19(3)27(38)34-36)32-29(40)33-24(6-2)18-37-31(42)39-26-14-10-8-12-22(26)16-20(4)28(39)35-37/h7-16,23-24H,5-6,17-18H2,1-4H3,(H2,32,33,40). The summed E-state index contributed by atoms with van der Waals surface area (Å²) < 4.78 is 6.09. The minimum Gasteiger partial charge on any atom is -0.334 e. The highest BCUT2D eigenvalue weighted by Gasteiger charge is 2.20. The predicted molar refractivity (Wildman–Crippen MR) is 163 cm³/mol. The Bertz CT molecular complexity index is 1940. The van der Waals surface area contributed by atoms with E-state index in [1.165, 1.54) is 9.36 Å². The van der Waals surface area contributed by atoms with Crippen molar-refractivity contribution < 1.29 is 4.79 Å². The first-order chi connectivity index (χ1) is 20.3. The number of hydrogen-bond acceptors (Lipinski definition) is 5. The number of nitrogens with one attached hydrogen (secondary N) is 2. The van der Waals surface area contributed by atoms with Gasteiger partial charge in [-0.15, -0.1) is 10.2 Å². The van der Waals surface area contributed by atoms with E-state index < -0.39 is 0 Å². The summed E-state index contributed by atoms with van der Waals surface area (Å²) in [6.45, 7) is 8.23. The molecule has 0 aliphatic rings. The Labute approximate surface area is 241 Å². The molecule has 4 aromatic heterocycles. The second kappa shape index (κ2) is 10.8. The molecule has 2 N–H and O–H groups in total. The van der Waals surface area contributed by atoms with Crippen LogP contribution in [0.2, 0.25) is 0 Å². The summed E-state index contributed by atoms with van der Waals surface area (Å²) in [5, 5.41) is 17.1. The van der Waals surface area contributed by atoms with E-state index in [1.54, 1.807) is 8.80 Å². The number of fused-ring (bicyclic) bond motifs is 6. The Morgan fingerprint density at radius 3 is 1.52 bits per heavy atom. The molecule has 0 fully saturated rings. The number of hydrogen-bond donors (Lipinski definition) is 2. The summed E-state index contributed by atoms with van der Waals surface area (Å²) in [6.07, 6.45) is 1.20. The van der Waals surface area contributed by atoms with Crippen molar-refractivity contribution >= 4 is 39.1 Å². The van der Waals surface area contributed by atoms with Crippen molar-refractivity contribution in [2.45, 2.75) is 65.7 Å². The van der Waals surface area contributed by atoms with Gasteiger partial charge in [0.25, 0.3) is 0 Å². The summed E-state index contributed by atoms with van der Waals surface area (Å²) in [5.74, 6) is 0. The molecule has 2 aromatic carbocycles. The van der Waals surface area contributed by atoms with Crippen LogP contribution in [0.3, 0.4) is 0 Å². The SMILES string of the molecule is CCC(Cn1nc2c(C)cc3ccccc3n2c1=O)NC(=O)NC(CC)Cn1nc2c(C)cc3ccccc3n2c1=O. The molecule has 2 atom stereocenters. The monoisotopic (exact) mass is 566 g/mol. The van der Waals surface area contributed by atoms with Crippen molar-refractivity contribution in [2.24, 2.45) is 0 Å². The largest absolute Gasteiger partial charge is 0.350 e. The summed E-state index contributed by atoms with van der Waals surface area (Å²) in [6, 6.07) is 18.4. The van der Waals surface area contributed by atoms with Crippen LogP contribution in [0.1, 0.15) is 37.8 Å². The molecule has 0 radical (unpaired) electrons. The molecule has 2 amide bonds. The van der Waals surface area contributed by atoms with Gasteiger partial charge < -0.3 is 10.6 Å². The average molecular weight is 567 g/mol. The zero-order valence-electron chi connectivity index (χ0n) is 24.2. The van der Waals surface area contributed by atoms with E-state index in [2.05, 4.69) is 20.8 Å². The molecule has 4 heterocycles. The van der Waals surface area contributed by atoms with E-state index in [-0.39, 0.29) is 42.6 Å². The Balaban J connectivity index is 1.19. The molecule has 0 saturated heterocycles. The highest BCUT2D eigenvalue weighted by molar-refractivity contribution is 5.84. The summed E-state index contributed by atoms with van der Waals surface area (Å²) in [7, 11) is 0. The van der Waals surface area contributed by atoms with E-state index in [0.717, 1.165) is 32.9 Å². The van der Waals surface area contributed by atoms with Crippen molar-refractivity contribution in [1.29, 1.82) is 0 Å². The zero-order valence-corrected chi connectivity index (χ0v) is 24.2. The quantitative estimate of drug-likeness (QED) is 0.291. The summed E-state index contributed by atoms with van der Waals surface area (Å²) >= 11 is 0. The smallest absolute Gasteiger partial charge is 0.334 e. The van der Waals surface area contributed by atoms with Crippen molar-refractivity contribution in [3.05, 3.63) is 92.8 Å². The molecule has 42 heavy (non-hydrogen) atoms. The number of aryl methyl sites for hydroxylation is 2. The van der Waals surface area contributed by atoms with Crippen LogP contribution >= 0.6 is 0 Å². The first-order valence-electron chi connectivity index (χ1n) is 14.3. The molecule has 0 saturated carbocycles. The third kappa shape index (κ3) is 4.70. The molecule has 11 heteroatoms. The summed E-state index contributed by atoms with van der Waals surface area (Å²) in [4.78, 5) is 39.8. The topological polar surface area (TPSA) is 120 Å². The van der Waals surface area contributed by atoms with Gasteiger partial charge in [0.1, 0.15) is 0 Å². The zero-order chi connectivity index (χ0) is 29.5. The first-order valence-corrected chi connectivity index (χ1v) is 14.3. The van der Waals surface area contributed by atoms with Crippen LogP contribution in [0.25, 0.3) is 33.1 Å². The lowest BCUT2D eigenvalue weighted by Gasteiger charge is -2.21. The lowest BCUT2D eigenvalue weighted by atomic mass is 10.1. The highest BCUT2D eigenvalue weighted by Crippen LogP contribution is 2.19. The number of rotatable bonds is 8. The number of urea groups is 1. The van der Waals surface area contributed by atoms with Gasteiger partial charge in [-0.05, 0) is 72.9 Å². The minimum absolute atomic E-state index is 0.229. The van der Waals surface area contributed by atoms with Gasteiger partial charge in [-0.3, -0.25) is 0 Å². The lowest BCUT2D eigenvalue weighted by molar-refractivity contribution is 0.227. The molecular formula is C31H34N8O3. The van der Waals surface area contributed by atoms with Crippen LogP contribution in [-0.2, 0) is 13.1 Å². The third-order valence-corrected chi connectivity index (χ3v) is 7.93. The Hall–Kier alpha value is -4.93. The number of amides is 2. The Kier molecular flexibility index (Phi) is 7.01. The van der Waals surface area contributed by atoms with E-state index in [9.17, 15) is 14.4 Å². The number of pyridine rings is 2. The highest BCUT2D eigenvalue weighted by atomic mass is 16.2. The van der Waals surface area contributed by atoms with Crippen LogP contribution < -0.4 is 22.0 Å². The minimum atomic E-state index is -0.370. The van der Waals surface area contributed by atoms with Crippen molar-refractivity contribution in [2.75, 3.05) is 0 Å². The normalized spacial score (nSPS) is 13.2. The fraction of sp³-hybridized carbons (Fsp3) is 0.323. The molecule has 0 spiro atoms. The summed E-state index contributed by atoms with van der Waals surface area (Å²) in [5.41, 5.74) is 4.11. The van der Waals surface area contributed by atoms with Crippen LogP contribution in [0.4, 0.5) is 4.79 Å². The van der Waals surface area contributed by atoms with E-state index >= 15 is 0 Å². The number of carbonyl (C=O) groups is 1. The molecular weight excluding hydrogens is 532 g/mol. The molecule has 6 rings (SSSR count). The lowest BCUT2D eigenvalue weighted by Crippen LogP contribution is -2.49. The third-order valence-electron chi connectivity index (χ3n) is 7.93. The molecule has 2 unspecified atom stereocenters. The molecule has 0 aliphatic carbocycles. The number of para-hydroxylation sites is 2. The van der Waals surface area contributed by atoms with Gasteiger partial charge in [0.05, 0.1) is 36.2 Å². The van der Waals surface area contributed by atoms with Gasteiger partial charge in [-0.2, -0.15) is 0 Å². The van der Waals surface area contributed by atoms with Crippen LogP contribution in [0, 0.1) is 13.8 Å². The predicted octanol–water partition coefficient (Wildman–Crippen LogP) is 3.79. The number of nitrogens with zero attached hydrogens (tertiary/aromatic N) is 6. The first kappa shape index (κ1) is 27.3. The molecule has 0 aliphatic heterocycles.